The van der Waals surface area contributed by atoms with Crippen molar-refractivity contribution in [2.45, 2.75) is 20.0 Å². The van der Waals surface area contributed by atoms with Gasteiger partial charge in [-0.25, -0.2) is 8.78 Å². The maximum atomic E-state index is 13.7. The molecule has 0 spiro atoms. The molecular weight excluding hydrogens is 328 g/mol. The maximum Gasteiger partial charge on any atom is 0.310 e. The van der Waals surface area contributed by atoms with Crippen LogP contribution in [0.25, 0.3) is 11.3 Å². The van der Waals surface area contributed by atoms with Crippen LogP contribution in [0.2, 0.25) is 0 Å². The van der Waals surface area contributed by atoms with Crippen LogP contribution in [0.5, 0.6) is 0 Å². The summed E-state index contributed by atoms with van der Waals surface area (Å²) < 4.78 is 36.8. The van der Waals surface area contributed by atoms with Crippen molar-refractivity contribution in [3.8, 4) is 11.3 Å². The van der Waals surface area contributed by atoms with Crippen molar-refractivity contribution in [1.82, 2.24) is 5.16 Å². The zero-order chi connectivity index (χ0) is 17.8. The van der Waals surface area contributed by atoms with Crippen LogP contribution in [-0.4, -0.2) is 11.1 Å². The Morgan fingerprint density at radius 3 is 2.76 bits per heavy atom. The van der Waals surface area contributed by atoms with E-state index in [-0.39, 0.29) is 24.4 Å². The van der Waals surface area contributed by atoms with Crippen LogP contribution in [0.4, 0.5) is 8.78 Å². The van der Waals surface area contributed by atoms with E-state index in [2.05, 4.69) is 5.16 Å². The third kappa shape index (κ3) is 4.29. The predicted octanol–water partition coefficient (Wildman–Crippen LogP) is 4.21. The molecule has 0 atom stereocenters. The first-order chi connectivity index (χ1) is 12.0. The number of aryl methyl sites for hydroxylation is 1. The number of halogens is 2. The molecule has 2 aromatic carbocycles. The summed E-state index contributed by atoms with van der Waals surface area (Å²) in [4.78, 5) is 11.9. The summed E-state index contributed by atoms with van der Waals surface area (Å²) in [5.41, 5.74) is 2.36. The lowest BCUT2D eigenvalue weighted by Crippen LogP contribution is -2.08. The SMILES string of the molecule is Cc1cccc(CC(=O)OCc2cc(-c3ccc(F)cc3F)on2)c1. The van der Waals surface area contributed by atoms with Gasteiger partial charge in [-0.2, -0.15) is 0 Å². The minimum absolute atomic E-state index is 0.0863. The Kier molecular flexibility index (Phi) is 4.88. The van der Waals surface area contributed by atoms with E-state index < -0.39 is 17.6 Å². The molecule has 0 saturated carbocycles. The van der Waals surface area contributed by atoms with Gasteiger partial charge in [-0.05, 0) is 24.6 Å². The predicted molar refractivity (Wildman–Crippen MR) is 86.5 cm³/mol. The number of carbonyl (C=O) groups excluding carboxylic acids is 1. The van der Waals surface area contributed by atoms with Crippen molar-refractivity contribution >= 4 is 5.97 Å². The first-order valence-electron chi connectivity index (χ1n) is 7.63. The molecule has 3 aromatic rings. The fraction of sp³-hybridized carbons (Fsp3) is 0.158. The molecule has 1 aromatic heterocycles. The summed E-state index contributed by atoms with van der Waals surface area (Å²) in [6.45, 7) is 1.86. The van der Waals surface area contributed by atoms with Gasteiger partial charge >= 0.3 is 5.97 Å². The Balaban J connectivity index is 1.61. The minimum Gasteiger partial charge on any atom is -0.459 e. The molecule has 0 unspecified atom stereocenters. The number of ether oxygens (including phenoxy) is 1. The number of esters is 1. The van der Waals surface area contributed by atoms with Gasteiger partial charge in [0.05, 0.1) is 12.0 Å². The van der Waals surface area contributed by atoms with E-state index in [1.807, 2.05) is 31.2 Å². The molecule has 0 N–H and O–H groups in total. The summed E-state index contributed by atoms with van der Waals surface area (Å²) in [7, 11) is 0. The van der Waals surface area contributed by atoms with Crippen molar-refractivity contribution in [1.29, 1.82) is 0 Å². The number of nitrogens with zero attached hydrogens (tertiary/aromatic N) is 1. The third-order valence-electron chi connectivity index (χ3n) is 3.57. The van der Waals surface area contributed by atoms with Crippen LogP contribution in [0, 0.1) is 18.6 Å². The van der Waals surface area contributed by atoms with Gasteiger partial charge in [0.15, 0.2) is 5.76 Å². The average molecular weight is 343 g/mol. The molecule has 0 fully saturated rings. The normalized spacial score (nSPS) is 10.7. The quantitative estimate of drug-likeness (QED) is 0.651. The van der Waals surface area contributed by atoms with Crippen molar-refractivity contribution in [3.05, 3.63) is 77.0 Å². The van der Waals surface area contributed by atoms with Crippen molar-refractivity contribution in [3.63, 3.8) is 0 Å². The summed E-state index contributed by atoms with van der Waals surface area (Å²) in [6, 6.07) is 12.2. The Morgan fingerprint density at radius 1 is 1.16 bits per heavy atom. The largest absolute Gasteiger partial charge is 0.459 e. The zero-order valence-corrected chi connectivity index (χ0v) is 13.5. The number of hydrogen-bond acceptors (Lipinski definition) is 4. The Hall–Kier alpha value is -3.02. The monoisotopic (exact) mass is 343 g/mol. The van der Waals surface area contributed by atoms with E-state index in [9.17, 15) is 13.6 Å². The lowest BCUT2D eigenvalue weighted by atomic mass is 10.1. The highest BCUT2D eigenvalue weighted by Crippen LogP contribution is 2.24. The molecule has 4 nitrogen and oxygen atoms in total. The molecule has 0 amide bonds. The fourth-order valence-corrected chi connectivity index (χ4v) is 2.39. The summed E-state index contributed by atoms with van der Waals surface area (Å²) in [5.74, 6) is -1.68. The molecule has 0 saturated heterocycles. The number of carbonyl (C=O) groups is 1. The van der Waals surface area contributed by atoms with Crippen LogP contribution in [0.3, 0.4) is 0 Å². The highest BCUT2D eigenvalue weighted by molar-refractivity contribution is 5.72. The Morgan fingerprint density at radius 2 is 2.00 bits per heavy atom. The van der Waals surface area contributed by atoms with E-state index in [0.29, 0.717) is 5.69 Å². The number of rotatable bonds is 5. The van der Waals surface area contributed by atoms with Gasteiger partial charge in [0, 0.05) is 12.1 Å². The van der Waals surface area contributed by atoms with Crippen LogP contribution in [0.1, 0.15) is 16.8 Å². The highest BCUT2D eigenvalue weighted by Gasteiger charge is 2.13. The van der Waals surface area contributed by atoms with Crippen LogP contribution in [-0.2, 0) is 22.6 Å². The lowest BCUT2D eigenvalue weighted by molar-refractivity contribution is -0.144. The third-order valence-corrected chi connectivity index (χ3v) is 3.57. The molecule has 6 heteroatoms. The molecule has 0 aliphatic heterocycles. The maximum absolute atomic E-state index is 13.7. The average Bonchev–Trinajstić information content (AvgIpc) is 3.01. The van der Waals surface area contributed by atoms with Crippen LogP contribution >= 0.6 is 0 Å². The number of hydrogen-bond donors (Lipinski definition) is 0. The summed E-state index contributed by atoms with van der Waals surface area (Å²) >= 11 is 0. The van der Waals surface area contributed by atoms with Crippen LogP contribution < -0.4 is 0 Å². The van der Waals surface area contributed by atoms with Crippen molar-refractivity contribution in [2.75, 3.05) is 0 Å². The van der Waals surface area contributed by atoms with Gasteiger partial charge in [0.25, 0.3) is 0 Å². The van der Waals surface area contributed by atoms with Gasteiger partial charge in [-0.1, -0.05) is 35.0 Å². The Labute approximate surface area is 143 Å². The van der Waals surface area contributed by atoms with Gasteiger partial charge in [0.2, 0.25) is 0 Å². The molecule has 0 aliphatic rings. The minimum atomic E-state index is -0.751. The van der Waals surface area contributed by atoms with E-state index in [4.69, 9.17) is 9.26 Å². The van der Waals surface area contributed by atoms with Crippen molar-refractivity contribution < 1.29 is 22.8 Å². The van der Waals surface area contributed by atoms with Crippen molar-refractivity contribution in [2.24, 2.45) is 0 Å². The van der Waals surface area contributed by atoms with E-state index in [1.54, 1.807) is 0 Å². The molecule has 0 aliphatic carbocycles. The van der Waals surface area contributed by atoms with Gasteiger partial charge in [0.1, 0.15) is 23.9 Å². The smallest absolute Gasteiger partial charge is 0.310 e. The standard InChI is InChI=1S/C19H15F2NO3/c1-12-3-2-4-13(7-12)8-19(23)24-11-15-10-18(25-22-15)16-6-5-14(20)9-17(16)21/h2-7,9-10H,8,11H2,1H3. The second-order valence-electron chi connectivity index (χ2n) is 5.63. The first kappa shape index (κ1) is 16.8. The Bertz CT molecular complexity index is 905. The highest BCUT2D eigenvalue weighted by atomic mass is 19.1. The first-order valence-corrected chi connectivity index (χ1v) is 7.63. The summed E-state index contributed by atoms with van der Waals surface area (Å²) in [5, 5.41) is 3.74. The topological polar surface area (TPSA) is 52.3 Å². The molecule has 3 rings (SSSR count). The van der Waals surface area contributed by atoms with E-state index in [1.165, 1.54) is 12.1 Å². The molecule has 25 heavy (non-hydrogen) atoms. The number of benzene rings is 2. The fourth-order valence-electron chi connectivity index (χ4n) is 2.39. The van der Waals surface area contributed by atoms with Gasteiger partial charge in [-0.3, -0.25) is 4.79 Å². The molecule has 0 radical (unpaired) electrons. The van der Waals surface area contributed by atoms with Gasteiger partial charge in [-0.15, -0.1) is 0 Å². The molecule has 1 heterocycles. The lowest BCUT2D eigenvalue weighted by Gasteiger charge is -2.03. The summed E-state index contributed by atoms with van der Waals surface area (Å²) in [6.07, 6.45) is 0.152. The number of aromatic nitrogens is 1. The molecule has 128 valence electrons. The molecule has 0 bridgehead atoms. The van der Waals surface area contributed by atoms with E-state index in [0.717, 1.165) is 23.3 Å². The second-order valence-corrected chi connectivity index (χ2v) is 5.63. The van der Waals surface area contributed by atoms with E-state index >= 15 is 0 Å². The van der Waals surface area contributed by atoms with Gasteiger partial charge < -0.3 is 9.26 Å². The zero-order valence-electron chi connectivity index (χ0n) is 13.5. The second kappa shape index (κ2) is 7.25. The van der Waals surface area contributed by atoms with Crippen LogP contribution in [0.15, 0.2) is 53.1 Å². The molecular formula is C19H15F2NO3.